The number of nitriles is 2. The predicted molar refractivity (Wildman–Crippen MR) is 170 cm³/mol. The van der Waals surface area contributed by atoms with E-state index in [4.69, 9.17) is 13.1 Å². The lowest BCUT2D eigenvalue weighted by molar-refractivity contribution is 0.928. The van der Waals surface area contributed by atoms with Crippen molar-refractivity contribution in [3.63, 3.8) is 0 Å². The number of nitrogens with zero attached hydrogens (tertiary/aromatic N) is 10. The van der Waals surface area contributed by atoms with Gasteiger partial charge in [0.05, 0.1) is 25.3 Å². The van der Waals surface area contributed by atoms with E-state index in [0.29, 0.717) is 69.4 Å². The van der Waals surface area contributed by atoms with Gasteiger partial charge >= 0.3 is 0 Å². The molecule has 0 saturated carbocycles. The highest BCUT2D eigenvalue weighted by molar-refractivity contribution is 5.94. The van der Waals surface area contributed by atoms with Crippen LogP contribution in [0.15, 0.2) is 36.4 Å². The Morgan fingerprint density at radius 2 is 0.978 bits per heavy atom. The lowest BCUT2D eigenvalue weighted by atomic mass is 9.90. The molecule has 0 radical (unpaired) electrons. The number of aromatic nitrogens is 6. The Balaban J connectivity index is 1.60. The van der Waals surface area contributed by atoms with Gasteiger partial charge < -0.3 is 0 Å². The molecule has 3 aromatic carbocycles. The van der Waals surface area contributed by atoms with Crippen LogP contribution in [0.3, 0.4) is 0 Å². The Kier molecular flexibility index (Phi) is 6.45. The van der Waals surface area contributed by atoms with Gasteiger partial charge in [-0.15, -0.1) is 0 Å². The zero-order valence-electron chi connectivity index (χ0n) is 25.4. The SMILES string of the molecule is [C-]#[N+]/C(C#N)=c1/c2c(/c(=C(\C#N)[N+]#[C-])c3c1-c1cc(-c4nc(C)nc(C)n4)ccc1C3)-c1cc(-c3nc(C)nc(C)n3)ccc1C2. The molecule has 0 saturated heterocycles. The minimum absolute atomic E-state index is 0.0396. The van der Waals surface area contributed by atoms with Crippen LogP contribution in [-0.4, -0.2) is 29.9 Å². The maximum Gasteiger partial charge on any atom is 0.269 e. The van der Waals surface area contributed by atoms with E-state index in [0.717, 1.165) is 44.5 Å². The normalized spacial score (nSPS) is 13.2. The molecule has 10 heteroatoms. The first-order valence-electron chi connectivity index (χ1n) is 14.4. The molecule has 0 spiro atoms. The molecule has 5 aromatic rings. The molecule has 0 N–H and O–H groups in total. The molecule has 0 bridgehead atoms. The lowest BCUT2D eigenvalue weighted by Crippen LogP contribution is -2.25. The summed E-state index contributed by atoms with van der Waals surface area (Å²) in [6, 6.07) is 16.1. The van der Waals surface area contributed by atoms with Gasteiger partial charge in [0.25, 0.3) is 11.4 Å². The highest BCUT2D eigenvalue weighted by atomic mass is 15.0. The summed E-state index contributed by atoms with van der Waals surface area (Å²) in [4.78, 5) is 34.2. The van der Waals surface area contributed by atoms with Crippen molar-refractivity contribution in [3.05, 3.63) is 115 Å². The topological polar surface area (TPSA) is 134 Å². The number of fused-ring (bicyclic) bond motifs is 6. The van der Waals surface area contributed by atoms with Gasteiger partial charge in [-0.3, -0.25) is 0 Å². The van der Waals surface area contributed by atoms with Gasteiger partial charge in [0.15, 0.2) is 11.6 Å². The summed E-state index contributed by atoms with van der Waals surface area (Å²) in [5.41, 5.74) is 7.93. The van der Waals surface area contributed by atoms with E-state index in [1.165, 1.54) is 0 Å². The first kappa shape index (κ1) is 28.2. The molecule has 0 amide bonds. The summed E-state index contributed by atoms with van der Waals surface area (Å²) in [5, 5.41) is 21.6. The molecule has 0 aliphatic heterocycles. The molecule has 0 unspecified atom stereocenters. The zero-order valence-corrected chi connectivity index (χ0v) is 25.4. The molecule has 2 aromatic heterocycles. The van der Waals surface area contributed by atoms with Crippen molar-refractivity contribution in [2.24, 2.45) is 0 Å². The smallest absolute Gasteiger partial charge is 0.226 e. The highest BCUT2D eigenvalue weighted by Crippen LogP contribution is 2.42. The van der Waals surface area contributed by atoms with E-state index in [1.807, 2.05) is 64.1 Å². The average Bonchev–Trinajstić information content (AvgIpc) is 3.60. The van der Waals surface area contributed by atoms with E-state index in [-0.39, 0.29) is 11.4 Å². The third kappa shape index (κ3) is 4.29. The second-order valence-electron chi connectivity index (χ2n) is 11.2. The molecule has 0 atom stereocenters. The van der Waals surface area contributed by atoms with Gasteiger partial charge in [-0.05, 0) is 97.2 Å². The predicted octanol–water partition coefficient (Wildman–Crippen LogP) is 4.87. The molecule has 0 fully saturated rings. The van der Waals surface area contributed by atoms with E-state index in [9.17, 15) is 10.5 Å². The summed E-state index contributed by atoms with van der Waals surface area (Å²) in [6.07, 6.45) is 0.849. The fraction of sp³-hybridized carbons (Fsp3) is 0.167. The highest BCUT2D eigenvalue weighted by Gasteiger charge is 2.32. The third-order valence-electron chi connectivity index (χ3n) is 8.34. The van der Waals surface area contributed by atoms with Crippen molar-refractivity contribution < 1.29 is 0 Å². The van der Waals surface area contributed by atoms with Gasteiger partial charge in [0.1, 0.15) is 23.3 Å². The minimum atomic E-state index is -0.0396. The van der Waals surface area contributed by atoms with Crippen LogP contribution in [0.4, 0.5) is 0 Å². The van der Waals surface area contributed by atoms with Crippen LogP contribution in [0, 0.1) is 63.5 Å². The van der Waals surface area contributed by atoms with Gasteiger partial charge in [-0.2, -0.15) is 0 Å². The number of benzene rings is 3. The van der Waals surface area contributed by atoms with Gasteiger partial charge in [0, 0.05) is 21.6 Å². The summed E-state index contributed by atoms with van der Waals surface area (Å²) < 4.78 is 0. The first-order chi connectivity index (χ1) is 22.2. The lowest BCUT2D eigenvalue weighted by Gasteiger charge is -2.14. The van der Waals surface area contributed by atoms with Crippen LogP contribution >= 0.6 is 0 Å². The van der Waals surface area contributed by atoms with Crippen LogP contribution in [0.1, 0.15) is 45.6 Å². The fourth-order valence-electron chi connectivity index (χ4n) is 6.67. The van der Waals surface area contributed by atoms with Crippen LogP contribution < -0.4 is 10.4 Å². The van der Waals surface area contributed by atoms with Gasteiger partial charge in [0.2, 0.25) is 0 Å². The van der Waals surface area contributed by atoms with E-state index >= 15 is 0 Å². The molecule has 7 rings (SSSR count). The van der Waals surface area contributed by atoms with Gasteiger partial charge in [-0.25, -0.2) is 50.1 Å². The van der Waals surface area contributed by atoms with Crippen molar-refractivity contribution in [2.75, 3.05) is 0 Å². The third-order valence-corrected chi connectivity index (χ3v) is 8.34. The maximum absolute atomic E-state index is 10.3. The summed E-state index contributed by atoms with van der Waals surface area (Å²) in [7, 11) is 0. The number of rotatable bonds is 2. The Bertz CT molecular complexity index is 2270. The largest absolute Gasteiger partial charge is 0.269 e. The van der Waals surface area contributed by atoms with E-state index in [2.05, 4.69) is 51.7 Å². The standard InChI is InChI=1S/C36H22N10/c1-17-41-18(2)44-35(43-17)23-9-7-21-11-27-31(25(21)13-23)33(29(15-37)39-5)28-12-22-8-10-24(36-45-19(3)42-20(4)46-36)14-26(22)32(28)34(27)30(16-38)40-6/h7-10,13-14H,11-12H2,1-4H3/b33-29-,34-30+. The van der Waals surface area contributed by atoms with Crippen molar-refractivity contribution in [3.8, 4) is 57.2 Å². The summed E-state index contributed by atoms with van der Waals surface area (Å²) in [6.45, 7) is 23.3. The number of hydrogen-bond donors (Lipinski definition) is 0. The molecule has 2 aliphatic carbocycles. The maximum atomic E-state index is 10.3. The zero-order chi connectivity index (χ0) is 32.3. The van der Waals surface area contributed by atoms with Crippen molar-refractivity contribution in [2.45, 2.75) is 40.5 Å². The van der Waals surface area contributed by atoms with Crippen molar-refractivity contribution in [1.29, 1.82) is 10.5 Å². The molecule has 10 nitrogen and oxygen atoms in total. The number of aryl methyl sites for hydroxylation is 4. The fourth-order valence-corrected chi connectivity index (χ4v) is 6.67. The molecular formula is C36H22N10. The summed E-state index contributed by atoms with van der Waals surface area (Å²) >= 11 is 0. The molecule has 216 valence electrons. The molecule has 46 heavy (non-hydrogen) atoms. The second kappa shape index (κ2) is 10.5. The Morgan fingerprint density at radius 1 is 0.609 bits per heavy atom. The summed E-state index contributed by atoms with van der Waals surface area (Å²) in [5.74, 6) is 3.44. The minimum Gasteiger partial charge on any atom is -0.226 e. The van der Waals surface area contributed by atoms with Crippen LogP contribution in [-0.2, 0) is 12.8 Å². The average molecular weight is 595 g/mol. The van der Waals surface area contributed by atoms with Crippen LogP contribution in [0.2, 0.25) is 0 Å². The first-order valence-corrected chi connectivity index (χ1v) is 14.4. The van der Waals surface area contributed by atoms with E-state index in [1.54, 1.807) is 0 Å². The molecule has 2 aliphatic rings. The van der Waals surface area contributed by atoms with Crippen molar-refractivity contribution in [1.82, 2.24) is 29.9 Å². The van der Waals surface area contributed by atoms with E-state index < -0.39 is 0 Å². The second-order valence-corrected chi connectivity index (χ2v) is 11.2. The monoisotopic (exact) mass is 594 g/mol. The molecule has 2 heterocycles. The Morgan fingerprint density at radius 3 is 1.30 bits per heavy atom. The quantitative estimate of drug-likeness (QED) is 0.259. The van der Waals surface area contributed by atoms with Crippen molar-refractivity contribution >= 4 is 11.4 Å². The number of hydrogen-bond acceptors (Lipinski definition) is 8. The van der Waals surface area contributed by atoms with Crippen LogP contribution in [0.25, 0.3) is 66.1 Å². The molecular weight excluding hydrogens is 572 g/mol. The Labute approximate surface area is 264 Å². The Hall–Kier alpha value is -6.62. The van der Waals surface area contributed by atoms with Gasteiger partial charge in [-0.1, -0.05) is 24.3 Å². The van der Waals surface area contributed by atoms with Crippen LogP contribution in [0.5, 0.6) is 0 Å².